The van der Waals surface area contributed by atoms with E-state index in [4.69, 9.17) is 16.3 Å². The molecule has 3 rings (SSSR count). The number of nitrogens with zero attached hydrogens (tertiary/aromatic N) is 1. The van der Waals surface area contributed by atoms with Crippen molar-refractivity contribution in [1.29, 1.82) is 0 Å². The minimum absolute atomic E-state index is 0.0457. The molecule has 1 unspecified atom stereocenters. The van der Waals surface area contributed by atoms with Crippen molar-refractivity contribution in [3.8, 4) is 5.75 Å². The van der Waals surface area contributed by atoms with E-state index in [-0.39, 0.29) is 17.4 Å². The van der Waals surface area contributed by atoms with Crippen molar-refractivity contribution < 1.29 is 17.9 Å². The summed E-state index contributed by atoms with van der Waals surface area (Å²) in [5.74, 6) is 0.329. The standard InChI is InChI=1S/C19H21ClN2O4S/c1-26-17-8-7-15(20)13-16(17)21-19(23)18(14-5-3-2-4-6-14)22-9-11-27(24,25)12-10-22/h2-8,13,18H,9-12H2,1H3,(H,21,23). The molecule has 1 saturated heterocycles. The Hall–Kier alpha value is -2.09. The minimum Gasteiger partial charge on any atom is -0.495 e. The number of methoxy groups -OCH3 is 1. The first kappa shape index (κ1) is 19.7. The average Bonchev–Trinajstić information content (AvgIpc) is 2.64. The number of benzene rings is 2. The van der Waals surface area contributed by atoms with E-state index in [9.17, 15) is 13.2 Å². The molecule has 0 radical (unpaired) electrons. The third kappa shape index (κ3) is 4.80. The number of carbonyl (C=O) groups is 1. The third-order valence-corrected chi connectivity index (χ3v) is 6.37. The molecule has 1 N–H and O–H groups in total. The second-order valence-corrected chi connectivity index (χ2v) is 9.07. The molecule has 2 aromatic rings. The highest BCUT2D eigenvalue weighted by atomic mass is 35.5. The smallest absolute Gasteiger partial charge is 0.246 e. The van der Waals surface area contributed by atoms with E-state index in [2.05, 4.69) is 5.32 Å². The Balaban J connectivity index is 1.89. The number of anilines is 1. The molecule has 27 heavy (non-hydrogen) atoms. The van der Waals surface area contributed by atoms with Gasteiger partial charge in [-0.05, 0) is 23.8 Å². The molecule has 1 fully saturated rings. The van der Waals surface area contributed by atoms with Crippen LogP contribution in [-0.4, -0.2) is 50.9 Å². The minimum atomic E-state index is -3.04. The topological polar surface area (TPSA) is 75.7 Å². The number of rotatable bonds is 5. The first-order chi connectivity index (χ1) is 12.9. The van der Waals surface area contributed by atoms with Crippen LogP contribution in [-0.2, 0) is 14.6 Å². The highest BCUT2D eigenvalue weighted by Gasteiger charge is 2.32. The fraction of sp³-hybridized carbons (Fsp3) is 0.316. The molecular weight excluding hydrogens is 388 g/mol. The molecule has 1 aliphatic heterocycles. The average molecular weight is 409 g/mol. The van der Waals surface area contributed by atoms with Crippen LogP contribution in [0.4, 0.5) is 5.69 Å². The van der Waals surface area contributed by atoms with Gasteiger partial charge in [-0.1, -0.05) is 41.9 Å². The summed E-state index contributed by atoms with van der Waals surface area (Å²) in [7, 11) is -1.53. The van der Waals surface area contributed by atoms with Crippen LogP contribution in [0.15, 0.2) is 48.5 Å². The maximum Gasteiger partial charge on any atom is 0.246 e. The van der Waals surface area contributed by atoms with Gasteiger partial charge in [0.15, 0.2) is 9.84 Å². The number of ether oxygens (including phenoxy) is 1. The number of halogens is 1. The van der Waals surface area contributed by atoms with Gasteiger partial charge in [-0.15, -0.1) is 0 Å². The predicted molar refractivity (Wildman–Crippen MR) is 106 cm³/mol. The summed E-state index contributed by atoms with van der Waals surface area (Å²) >= 11 is 6.05. The lowest BCUT2D eigenvalue weighted by molar-refractivity contribution is -0.121. The largest absolute Gasteiger partial charge is 0.495 e. The lowest BCUT2D eigenvalue weighted by Crippen LogP contribution is -2.46. The van der Waals surface area contributed by atoms with Crippen molar-refractivity contribution in [3.05, 3.63) is 59.1 Å². The van der Waals surface area contributed by atoms with E-state index >= 15 is 0 Å². The number of hydrogen-bond acceptors (Lipinski definition) is 5. The van der Waals surface area contributed by atoms with Crippen LogP contribution in [0.5, 0.6) is 5.75 Å². The summed E-state index contributed by atoms with van der Waals surface area (Å²) in [6.07, 6.45) is 0. The molecule has 144 valence electrons. The summed E-state index contributed by atoms with van der Waals surface area (Å²) in [6.45, 7) is 0.615. The van der Waals surface area contributed by atoms with Crippen molar-refractivity contribution in [2.24, 2.45) is 0 Å². The number of nitrogens with one attached hydrogen (secondary N) is 1. The molecule has 0 aromatic heterocycles. The van der Waals surface area contributed by atoms with Gasteiger partial charge in [0, 0.05) is 18.1 Å². The van der Waals surface area contributed by atoms with Gasteiger partial charge in [0.2, 0.25) is 5.91 Å². The number of carbonyl (C=O) groups excluding carboxylic acids is 1. The van der Waals surface area contributed by atoms with Crippen LogP contribution in [0, 0.1) is 0 Å². The van der Waals surface area contributed by atoms with E-state index in [1.165, 1.54) is 7.11 Å². The molecule has 0 bridgehead atoms. The lowest BCUT2D eigenvalue weighted by atomic mass is 10.0. The third-order valence-electron chi connectivity index (χ3n) is 4.53. The normalized spacial score (nSPS) is 17.9. The summed E-state index contributed by atoms with van der Waals surface area (Å²) in [5.41, 5.74) is 1.27. The fourth-order valence-electron chi connectivity index (χ4n) is 3.13. The van der Waals surface area contributed by atoms with Gasteiger partial charge < -0.3 is 10.1 Å². The number of amides is 1. The number of hydrogen-bond donors (Lipinski definition) is 1. The fourth-order valence-corrected chi connectivity index (χ4v) is 4.53. The molecule has 6 nitrogen and oxygen atoms in total. The molecule has 1 amide bonds. The van der Waals surface area contributed by atoms with Gasteiger partial charge in [0.1, 0.15) is 11.8 Å². The first-order valence-electron chi connectivity index (χ1n) is 8.53. The van der Waals surface area contributed by atoms with Gasteiger partial charge in [-0.3, -0.25) is 9.69 Å². The van der Waals surface area contributed by atoms with Crippen LogP contribution in [0.25, 0.3) is 0 Å². The molecule has 0 spiro atoms. The highest BCUT2D eigenvalue weighted by Crippen LogP contribution is 2.30. The molecule has 2 aromatic carbocycles. The van der Waals surface area contributed by atoms with Crippen molar-refractivity contribution in [2.45, 2.75) is 6.04 Å². The van der Waals surface area contributed by atoms with Crippen molar-refractivity contribution in [2.75, 3.05) is 37.0 Å². The molecule has 1 heterocycles. The zero-order chi connectivity index (χ0) is 19.4. The van der Waals surface area contributed by atoms with Crippen molar-refractivity contribution in [1.82, 2.24) is 4.90 Å². The molecular formula is C19H21ClN2O4S. The van der Waals surface area contributed by atoms with Crippen LogP contribution in [0.2, 0.25) is 5.02 Å². The highest BCUT2D eigenvalue weighted by molar-refractivity contribution is 7.91. The Labute approximate surface area is 164 Å². The number of sulfone groups is 1. The van der Waals surface area contributed by atoms with Gasteiger partial charge in [-0.25, -0.2) is 8.42 Å². The van der Waals surface area contributed by atoms with Crippen LogP contribution in [0.3, 0.4) is 0 Å². The monoisotopic (exact) mass is 408 g/mol. The van der Waals surface area contributed by atoms with Crippen LogP contribution < -0.4 is 10.1 Å². The van der Waals surface area contributed by atoms with Crippen LogP contribution >= 0.6 is 11.6 Å². The summed E-state index contributed by atoms with van der Waals surface area (Å²) in [4.78, 5) is 15.0. The van der Waals surface area contributed by atoms with E-state index in [1.807, 2.05) is 35.2 Å². The van der Waals surface area contributed by atoms with Crippen molar-refractivity contribution in [3.63, 3.8) is 0 Å². The molecule has 8 heteroatoms. The molecule has 1 atom stereocenters. The van der Waals surface area contributed by atoms with Gasteiger partial charge in [0.05, 0.1) is 24.3 Å². The first-order valence-corrected chi connectivity index (χ1v) is 10.7. The van der Waals surface area contributed by atoms with Gasteiger partial charge in [0.25, 0.3) is 0 Å². The summed E-state index contributed by atoms with van der Waals surface area (Å²) < 4.78 is 28.9. The van der Waals surface area contributed by atoms with Crippen molar-refractivity contribution >= 4 is 33.0 Å². The quantitative estimate of drug-likeness (QED) is 0.823. The Kier molecular flexibility index (Phi) is 6.04. The zero-order valence-electron chi connectivity index (χ0n) is 14.9. The molecule has 0 aliphatic carbocycles. The predicted octanol–water partition coefficient (Wildman–Crippen LogP) is 2.76. The molecule has 0 saturated carbocycles. The van der Waals surface area contributed by atoms with Gasteiger partial charge >= 0.3 is 0 Å². The Morgan fingerprint density at radius 2 is 1.81 bits per heavy atom. The maximum absolute atomic E-state index is 13.2. The second-order valence-electron chi connectivity index (χ2n) is 6.33. The van der Waals surface area contributed by atoms with Gasteiger partial charge in [-0.2, -0.15) is 0 Å². The Morgan fingerprint density at radius 1 is 1.15 bits per heavy atom. The zero-order valence-corrected chi connectivity index (χ0v) is 16.5. The Morgan fingerprint density at radius 3 is 2.44 bits per heavy atom. The van der Waals surface area contributed by atoms with E-state index in [0.717, 1.165) is 5.56 Å². The lowest BCUT2D eigenvalue weighted by Gasteiger charge is -2.33. The SMILES string of the molecule is COc1ccc(Cl)cc1NC(=O)C(c1ccccc1)N1CCS(=O)(=O)CC1. The van der Waals surface area contributed by atoms with E-state index in [0.29, 0.717) is 29.5 Å². The summed E-state index contributed by atoms with van der Waals surface area (Å²) in [6, 6.07) is 13.7. The van der Waals surface area contributed by atoms with E-state index in [1.54, 1.807) is 18.2 Å². The van der Waals surface area contributed by atoms with Crippen LogP contribution in [0.1, 0.15) is 11.6 Å². The van der Waals surface area contributed by atoms with E-state index < -0.39 is 15.9 Å². The molecule has 1 aliphatic rings. The second kappa shape index (κ2) is 8.29. The Bertz CT molecular complexity index is 905. The maximum atomic E-state index is 13.2. The summed E-state index contributed by atoms with van der Waals surface area (Å²) in [5, 5.41) is 3.36.